The average molecular weight is 421 g/mol. The van der Waals surface area contributed by atoms with Crippen LogP contribution in [0.3, 0.4) is 0 Å². The highest BCUT2D eigenvalue weighted by Gasteiger charge is 2.33. The zero-order valence-corrected chi connectivity index (χ0v) is 17.8. The molecule has 3 heterocycles. The van der Waals surface area contributed by atoms with Crippen LogP contribution in [0, 0.1) is 6.92 Å². The number of fused-ring (bicyclic) bond motifs is 3. The Labute approximate surface area is 179 Å². The van der Waals surface area contributed by atoms with E-state index >= 15 is 0 Å². The van der Waals surface area contributed by atoms with E-state index in [2.05, 4.69) is 20.6 Å². The number of ketones is 1. The van der Waals surface area contributed by atoms with Gasteiger partial charge in [0.1, 0.15) is 29.0 Å². The summed E-state index contributed by atoms with van der Waals surface area (Å²) in [5, 5.41) is 5.93. The molecular weight excluding hydrogens is 398 g/mol. The second-order valence-corrected chi connectivity index (χ2v) is 7.15. The third-order valence-electron chi connectivity index (χ3n) is 5.15. The molecule has 2 aliphatic rings. The molecular formula is C22H23N5O4. The second kappa shape index (κ2) is 8.10. The standard InChI is InChI=1S/C22H23N5O4/c1-12-17(30-3)9-15-20(21(12)31-4)26-19(27-8-7-23-22(15)27)10-16(29)14-5-6-18(24-11-14)25-13(2)28/h5-6,9-11,26H,7-8H2,1-4H3,(H,24,25,28). The number of hydrogen-bond acceptors (Lipinski definition) is 8. The number of carbonyl (C=O) groups is 2. The van der Waals surface area contributed by atoms with Crippen molar-refractivity contribution in [3.05, 3.63) is 53.0 Å². The van der Waals surface area contributed by atoms with Crippen molar-refractivity contribution >= 4 is 29.0 Å². The van der Waals surface area contributed by atoms with Crippen LogP contribution in [0.4, 0.5) is 11.5 Å². The maximum atomic E-state index is 12.9. The molecule has 1 aromatic heterocycles. The van der Waals surface area contributed by atoms with E-state index in [1.54, 1.807) is 26.4 Å². The van der Waals surface area contributed by atoms with Gasteiger partial charge in [0.15, 0.2) is 5.78 Å². The lowest BCUT2D eigenvalue weighted by Gasteiger charge is -2.33. The lowest BCUT2D eigenvalue weighted by molar-refractivity contribution is -0.114. The van der Waals surface area contributed by atoms with Crippen molar-refractivity contribution in [1.82, 2.24) is 9.88 Å². The molecule has 1 aromatic carbocycles. The van der Waals surface area contributed by atoms with Gasteiger partial charge in [-0.05, 0) is 25.1 Å². The van der Waals surface area contributed by atoms with Crippen LogP contribution in [-0.2, 0) is 4.79 Å². The molecule has 0 bridgehead atoms. The van der Waals surface area contributed by atoms with Crippen LogP contribution in [-0.4, -0.2) is 54.7 Å². The zero-order chi connectivity index (χ0) is 22.1. The van der Waals surface area contributed by atoms with Gasteiger partial charge >= 0.3 is 0 Å². The van der Waals surface area contributed by atoms with Gasteiger partial charge in [-0.3, -0.25) is 14.6 Å². The highest BCUT2D eigenvalue weighted by Crippen LogP contribution is 2.43. The number of allylic oxidation sites excluding steroid dienone is 1. The Morgan fingerprint density at radius 3 is 2.71 bits per heavy atom. The molecule has 0 aliphatic carbocycles. The number of nitrogens with one attached hydrogen (secondary N) is 2. The summed E-state index contributed by atoms with van der Waals surface area (Å²) in [6.07, 6.45) is 2.97. The fourth-order valence-electron chi connectivity index (χ4n) is 3.72. The Hall–Kier alpha value is -3.88. The number of pyridine rings is 1. The fourth-order valence-corrected chi connectivity index (χ4v) is 3.72. The minimum absolute atomic E-state index is 0.219. The molecule has 0 unspecified atom stereocenters. The van der Waals surface area contributed by atoms with Crippen molar-refractivity contribution in [2.24, 2.45) is 4.99 Å². The predicted molar refractivity (Wildman–Crippen MR) is 117 cm³/mol. The first-order valence-electron chi connectivity index (χ1n) is 9.77. The summed E-state index contributed by atoms with van der Waals surface area (Å²) >= 11 is 0. The van der Waals surface area contributed by atoms with Crippen molar-refractivity contribution in [2.45, 2.75) is 13.8 Å². The van der Waals surface area contributed by atoms with Crippen LogP contribution in [0.25, 0.3) is 0 Å². The third-order valence-corrected chi connectivity index (χ3v) is 5.15. The number of anilines is 2. The van der Waals surface area contributed by atoms with Crippen LogP contribution in [0.15, 0.2) is 41.3 Å². The molecule has 1 amide bonds. The summed E-state index contributed by atoms with van der Waals surface area (Å²) in [5.74, 6) is 2.68. The van der Waals surface area contributed by atoms with E-state index < -0.39 is 0 Å². The van der Waals surface area contributed by atoms with Crippen LogP contribution in [0.5, 0.6) is 11.5 Å². The number of amides is 1. The number of ether oxygens (including phenoxy) is 2. The van der Waals surface area contributed by atoms with Crippen LogP contribution >= 0.6 is 0 Å². The predicted octanol–water partition coefficient (Wildman–Crippen LogP) is 2.58. The SMILES string of the molecule is COc1cc2c(c(OC)c1C)NC(=CC(=O)c1ccc(NC(C)=O)nc1)N1CCN=C21. The monoisotopic (exact) mass is 421 g/mol. The Bertz CT molecular complexity index is 1120. The van der Waals surface area contributed by atoms with E-state index in [9.17, 15) is 9.59 Å². The summed E-state index contributed by atoms with van der Waals surface area (Å²) < 4.78 is 11.1. The van der Waals surface area contributed by atoms with Crippen molar-refractivity contribution in [3.63, 3.8) is 0 Å². The minimum Gasteiger partial charge on any atom is -0.496 e. The quantitative estimate of drug-likeness (QED) is 0.565. The van der Waals surface area contributed by atoms with E-state index in [0.29, 0.717) is 41.8 Å². The number of amidine groups is 1. The first kappa shape index (κ1) is 20.4. The summed E-state index contributed by atoms with van der Waals surface area (Å²) in [5.41, 5.74) is 2.87. The van der Waals surface area contributed by atoms with E-state index in [1.165, 1.54) is 19.2 Å². The van der Waals surface area contributed by atoms with Gasteiger partial charge in [0.2, 0.25) is 5.91 Å². The first-order chi connectivity index (χ1) is 14.9. The molecule has 0 radical (unpaired) electrons. The highest BCUT2D eigenvalue weighted by molar-refractivity contribution is 6.11. The van der Waals surface area contributed by atoms with Gasteiger partial charge < -0.3 is 25.0 Å². The third kappa shape index (κ3) is 3.70. The van der Waals surface area contributed by atoms with E-state index in [0.717, 1.165) is 22.6 Å². The summed E-state index contributed by atoms with van der Waals surface area (Å²) in [6, 6.07) is 5.15. The minimum atomic E-state index is -0.222. The van der Waals surface area contributed by atoms with Crippen molar-refractivity contribution < 1.29 is 19.1 Å². The van der Waals surface area contributed by atoms with Crippen LogP contribution in [0.1, 0.15) is 28.4 Å². The number of nitrogens with zero attached hydrogens (tertiary/aromatic N) is 3. The lowest BCUT2D eigenvalue weighted by atomic mass is 10.0. The van der Waals surface area contributed by atoms with Gasteiger partial charge in [0.05, 0.1) is 26.5 Å². The first-order valence-corrected chi connectivity index (χ1v) is 9.77. The maximum absolute atomic E-state index is 12.9. The topological polar surface area (TPSA) is 105 Å². The van der Waals surface area contributed by atoms with Gasteiger partial charge in [-0.1, -0.05) is 0 Å². The van der Waals surface area contributed by atoms with Crippen molar-refractivity contribution in [2.75, 3.05) is 37.9 Å². The fraction of sp³-hybridized carbons (Fsp3) is 0.273. The summed E-state index contributed by atoms with van der Waals surface area (Å²) in [7, 11) is 3.22. The van der Waals surface area contributed by atoms with Crippen molar-refractivity contribution in [3.8, 4) is 11.5 Å². The molecule has 0 saturated heterocycles. The molecule has 0 fully saturated rings. The molecule has 0 atom stereocenters. The molecule has 160 valence electrons. The number of carbonyl (C=O) groups excluding carboxylic acids is 2. The molecule has 9 nitrogen and oxygen atoms in total. The maximum Gasteiger partial charge on any atom is 0.222 e. The summed E-state index contributed by atoms with van der Waals surface area (Å²) in [4.78, 5) is 34.8. The van der Waals surface area contributed by atoms with E-state index in [4.69, 9.17) is 9.47 Å². The Morgan fingerprint density at radius 1 is 1.26 bits per heavy atom. The number of aromatic nitrogens is 1. The van der Waals surface area contributed by atoms with Gasteiger partial charge in [0, 0.05) is 42.4 Å². The van der Waals surface area contributed by atoms with Crippen LogP contribution < -0.4 is 20.1 Å². The number of hydrogen-bond donors (Lipinski definition) is 2. The normalized spacial score (nSPS) is 15.5. The summed E-state index contributed by atoms with van der Waals surface area (Å²) in [6.45, 7) is 4.59. The lowest BCUT2D eigenvalue weighted by Crippen LogP contribution is -2.37. The van der Waals surface area contributed by atoms with Crippen molar-refractivity contribution in [1.29, 1.82) is 0 Å². The Morgan fingerprint density at radius 2 is 2.06 bits per heavy atom. The Balaban J connectivity index is 1.70. The van der Waals surface area contributed by atoms with Gasteiger partial charge in [-0.15, -0.1) is 0 Å². The molecule has 2 N–H and O–H groups in total. The number of methoxy groups -OCH3 is 2. The highest BCUT2D eigenvalue weighted by atomic mass is 16.5. The number of aliphatic imine (C=N–C) groups is 1. The average Bonchev–Trinajstić information content (AvgIpc) is 3.24. The molecule has 0 saturated carbocycles. The van der Waals surface area contributed by atoms with E-state index in [-0.39, 0.29) is 11.7 Å². The molecule has 4 rings (SSSR count). The van der Waals surface area contributed by atoms with Gasteiger partial charge in [-0.2, -0.15) is 0 Å². The van der Waals surface area contributed by atoms with Gasteiger partial charge in [0.25, 0.3) is 0 Å². The number of rotatable bonds is 5. The van der Waals surface area contributed by atoms with Gasteiger partial charge in [-0.25, -0.2) is 4.98 Å². The molecule has 0 spiro atoms. The van der Waals surface area contributed by atoms with Crippen LogP contribution in [0.2, 0.25) is 0 Å². The number of benzene rings is 1. The zero-order valence-electron chi connectivity index (χ0n) is 17.8. The smallest absolute Gasteiger partial charge is 0.222 e. The molecule has 9 heteroatoms. The van der Waals surface area contributed by atoms with E-state index in [1.807, 2.05) is 17.9 Å². The molecule has 2 aliphatic heterocycles. The Kier molecular flexibility index (Phi) is 5.33. The second-order valence-electron chi connectivity index (χ2n) is 7.15. The largest absolute Gasteiger partial charge is 0.496 e. The molecule has 2 aromatic rings. The molecule has 31 heavy (non-hydrogen) atoms.